The zero-order valence-electron chi connectivity index (χ0n) is 72.9. The quantitative estimate of drug-likeness (QED) is 0.0796. The van der Waals surface area contributed by atoms with E-state index in [4.69, 9.17) is 60.0 Å². The van der Waals surface area contributed by atoms with Gasteiger partial charge in [-0.2, -0.15) is 0 Å². The van der Waals surface area contributed by atoms with E-state index in [1.165, 1.54) is 178 Å². The van der Waals surface area contributed by atoms with Crippen molar-refractivity contribution in [2.75, 3.05) is 81.3 Å². The molecule has 4 aliphatic heterocycles. The minimum atomic E-state index is 0. The van der Waals surface area contributed by atoms with E-state index in [0.29, 0.717) is 6.54 Å². The minimum absolute atomic E-state index is 0. The van der Waals surface area contributed by atoms with Crippen molar-refractivity contribution in [3.63, 3.8) is 0 Å². The molecule has 0 atom stereocenters. The smallest absolute Gasteiger partial charge is 0.160 e. The summed E-state index contributed by atoms with van der Waals surface area (Å²) in [4.78, 5) is 49.7. The van der Waals surface area contributed by atoms with Gasteiger partial charge >= 0.3 is 0 Å². The summed E-state index contributed by atoms with van der Waals surface area (Å²) in [7, 11) is 77.7. The van der Waals surface area contributed by atoms with Gasteiger partial charge in [0.2, 0.25) is 0 Å². The zero-order valence-corrected chi connectivity index (χ0v) is 114. The number of quaternary nitrogens is 1. The van der Waals surface area contributed by atoms with Crippen molar-refractivity contribution >= 4 is 505 Å². The van der Waals surface area contributed by atoms with E-state index in [1.807, 2.05) is 130 Å². The van der Waals surface area contributed by atoms with Crippen molar-refractivity contribution < 1.29 is 27.2 Å². The Kier molecular flexibility index (Phi) is 92.4. The number of aromatic nitrogens is 10. The highest BCUT2D eigenvalue weighted by Crippen LogP contribution is 2.30. The Morgan fingerprint density at radius 2 is 0.624 bits per heavy atom. The largest absolute Gasteiger partial charge is 1.00 e. The number of methoxy groups -OCH3 is 2. The van der Waals surface area contributed by atoms with Crippen molar-refractivity contribution in [1.82, 2.24) is 60.5 Å². The molecule has 14 rings (SSSR count). The standard InChI is InChI=1S/2C20H23N5.C11H16N2O.C9H9N3.C6H6BrNO.C5H11N.CH4.2ClH.S24.S23/c2*1-2-10-25(11-3-1)20-6-7-21-14-17(20)15-22-13-16-4-5-18-19(12-16)24-9-8-23-18;1-14-11-9-12-6-5-10(11)13-7-3-2-4-8-13;10-6-7-1-2-8-9(5-7)12-4-3-11-8;1-9-6-4-8-3-2-5(6)7;1-2-4-6-5-3-1;;;;1-3-5-7-9-11-13-15-17-19-21-23-24-22-20-18-16-14-12-10-8-6-4-2;1-3-5-7-9-11-13-15-17-19-21-23-22-20-18-16-14-12-10-8-6-4-2/h2*4-9,12,14,22H,1-3,10-11,13,15H2;5-6,9H,2-4,7-8H2,1H3;1-5H,6,10H2;2-4H,1H3;6H,1-5H2;1H4;2*1H;;. The van der Waals surface area contributed by atoms with E-state index >= 15 is 0 Å². The molecule has 0 amide bonds. The van der Waals surface area contributed by atoms with Crippen molar-refractivity contribution in [1.29, 1.82) is 0 Å². The van der Waals surface area contributed by atoms with Gasteiger partial charge in [0.1, 0.15) is 13.1 Å². The Morgan fingerprint density at radius 3 is 0.957 bits per heavy atom. The Balaban J connectivity index is 0.000000345. The van der Waals surface area contributed by atoms with Crippen LogP contribution in [0.5, 0.6) is 11.5 Å². The molecule has 141 heavy (non-hydrogen) atoms. The Labute approximate surface area is 988 Å². The number of anilines is 3. The van der Waals surface area contributed by atoms with Crippen LogP contribution in [0.1, 0.15) is 112 Å². The molecule has 3 aromatic carbocycles. The lowest BCUT2D eigenvalue weighted by Gasteiger charge is -2.30. The van der Waals surface area contributed by atoms with Crippen LogP contribution in [0.15, 0.2) is 170 Å². The maximum atomic E-state index is 5.49. The normalized spacial score (nSPS) is 11.9. The fraction of sp³-hybridized carbons (Fsp3) is 0.389. The molecule has 0 saturated carbocycles. The summed E-state index contributed by atoms with van der Waals surface area (Å²) in [6.45, 7) is 13.5. The monoisotopic (exact) mass is 2880 g/mol. The number of ether oxygens (including phenoxy) is 2. The molecule has 4 aliphatic rings. The number of pyridine rings is 4. The molecule has 10 aromatic rings. The number of hydrogen-bond donors (Lipinski definition) is 4. The van der Waals surface area contributed by atoms with Crippen molar-refractivity contribution in [3.8, 4) is 11.5 Å². The average Bonchev–Trinajstić information content (AvgIpc) is 0.843. The molecular formula is C72H94BrCl2N17O2S47. The van der Waals surface area contributed by atoms with Crippen LogP contribution in [-0.2, 0) is 459 Å². The second-order valence-corrected chi connectivity index (χ2v) is 103. The van der Waals surface area contributed by atoms with E-state index < -0.39 is 0 Å². The fourth-order valence-electron chi connectivity index (χ4n) is 11.8. The summed E-state index contributed by atoms with van der Waals surface area (Å²) in [5.74, 6) is 1.65. The highest BCUT2D eigenvalue weighted by Gasteiger charge is 2.18. The molecule has 782 valence electrons. The van der Waals surface area contributed by atoms with E-state index in [0.717, 1.165) is 107 Å². The first kappa shape index (κ1) is 136. The molecule has 0 unspecified atom stereocenters. The van der Waals surface area contributed by atoms with Gasteiger partial charge in [0.05, 0.1) is 69.9 Å². The van der Waals surface area contributed by atoms with Crippen LogP contribution in [0.4, 0.5) is 17.1 Å². The lowest BCUT2D eigenvalue weighted by molar-refractivity contribution is -0.686. The van der Waals surface area contributed by atoms with Gasteiger partial charge in [-0.1, -0.05) is 32.0 Å². The molecule has 19 nitrogen and oxygen atoms in total. The van der Waals surface area contributed by atoms with Gasteiger partial charge in [-0.25, -0.2) is 0 Å². The van der Waals surface area contributed by atoms with Gasteiger partial charge < -0.3 is 58.3 Å². The van der Waals surface area contributed by atoms with Crippen LogP contribution >= 0.6 is 28.3 Å². The molecule has 0 spiro atoms. The summed E-state index contributed by atoms with van der Waals surface area (Å²) < 4.78 is 11.2. The molecule has 69 heteroatoms. The van der Waals surface area contributed by atoms with E-state index in [1.54, 1.807) is 354 Å². The van der Waals surface area contributed by atoms with Gasteiger partial charge in [0, 0.05) is 588 Å². The second-order valence-electron chi connectivity index (χ2n) is 25.6. The third kappa shape index (κ3) is 65.3. The topological polar surface area (TPSA) is 224 Å². The number of fused-ring (bicyclic) bond motifs is 3. The molecule has 4 saturated heterocycles. The maximum Gasteiger partial charge on any atom is 0.160 e. The third-order valence-corrected chi connectivity index (χ3v) is 109. The summed E-state index contributed by atoms with van der Waals surface area (Å²) in [6, 6.07) is 26.6. The number of nitrogens with two attached hydrogens (primary N) is 2. The van der Waals surface area contributed by atoms with Gasteiger partial charge in [-0.05, 0) is 171 Å². The maximum absolute atomic E-state index is 5.49. The Hall–Kier alpha value is 2.52. The predicted octanol–water partition coefficient (Wildman–Crippen LogP) is 9.31. The van der Waals surface area contributed by atoms with E-state index in [2.05, 4.69) is 139 Å². The number of nitrogens with one attached hydrogen (secondary N) is 2. The van der Waals surface area contributed by atoms with Crippen molar-refractivity contribution in [2.45, 2.75) is 117 Å². The molecule has 7 aromatic heterocycles. The number of benzene rings is 3. The number of nitrogens with zero attached hydrogens (tertiary/aromatic N) is 13. The van der Waals surface area contributed by atoms with E-state index in [9.17, 15) is 0 Å². The van der Waals surface area contributed by atoms with Crippen LogP contribution in [0.2, 0.25) is 0 Å². The molecule has 6 N–H and O–H groups in total. The molecule has 0 radical (unpaired) electrons. The van der Waals surface area contributed by atoms with Crippen LogP contribution in [0.25, 0.3) is 33.1 Å². The van der Waals surface area contributed by atoms with Crippen molar-refractivity contribution in [2.24, 2.45) is 5.73 Å². The first-order valence-electron chi connectivity index (χ1n) is 39.7. The van der Waals surface area contributed by atoms with Gasteiger partial charge in [0.15, 0.2) is 11.5 Å². The Morgan fingerprint density at radius 1 is 0.333 bits per heavy atom. The first-order valence-corrected chi connectivity index (χ1v) is 100. The number of piperidine rings is 4. The fourth-order valence-corrected chi connectivity index (χ4v) is 119. The summed E-state index contributed by atoms with van der Waals surface area (Å²) in [6.07, 6.45) is 41.1. The van der Waals surface area contributed by atoms with Crippen LogP contribution in [-0.4, -0.2) is 116 Å². The lowest BCUT2D eigenvalue weighted by Crippen LogP contribution is -3.00. The SMILES string of the molecule is C.C1CCNCC1.COc1cnccc1Br.COc1cnccc1N1CCCCC1.Cl.NCc1ccc2nccnc2c1.S=S=S=S=S=S=S=S=S=S=S=S=S=S=S=S=S=S=S=S=S=S=S.S=S=S=S=S=S=S=S=S=S=S=S=S=S=S=S=S=S=S=S=S=S=S=S.[Cl-].c1cc(N2CCCCC2)c(CNCc2ccc3nccnc3c2)cn1.c1cc(N2CCCCC2)c(C[NH2+]Cc2ccc3nccnc3c2)cn1. The van der Waals surface area contributed by atoms with E-state index in [-0.39, 0.29) is 32.2 Å². The van der Waals surface area contributed by atoms with Crippen molar-refractivity contribution in [3.05, 3.63) is 198 Å². The van der Waals surface area contributed by atoms with Crippen LogP contribution < -0.4 is 58.3 Å². The number of hydrogen-bond acceptors (Lipinski definition) is 22. The third-order valence-electron chi connectivity index (χ3n) is 17.4. The summed E-state index contributed by atoms with van der Waals surface area (Å²) >= 11 is 22.4. The highest BCUT2D eigenvalue weighted by molar-refractivity contribution is 9.10. The Bertz CT molecular complexity index is 7450. The number of halogens is 3. The average molecular weight is 2890 g/mol. The second kappa shape index (κ2) is 95.9. The minimum Gasteiger partial charge on any atom is -1.00 e. The molecule has 0 bridgehead atoms. The number of rotatable bonds is 14. The summed E-state index contributed by atoms with van der Waals surface area (Å²) in [5.41, 5.74) is 21.1. The van der Waals surface area contributed by atoms with Gasteiger partial charge in [0.25, 0.3) is 0 Å². The molecule has 4 fully saturated rings. The molecule has 0 aliphatic carbocycles. The molecule has 11 heterocycles. The summed E-state index contributed by atoms with van der Waals surface area (Å²) in [5, 5.41) is 9.17. The van der Waals surface area contributed by atoms with Gasteiger partial charge in [-0.15, -0.1) is 12.4 Å². The molecular weight excluding hydrogens is 2790 g/mol. The lowest BCUT2D eigenvalue weighted by atomic mass is 10.1. The van der Waals surface area contributed by atoms with Gasteiger partial charge in [-0.3, -0.25) is 49.8 Å². The highest BCUT2D eigenvalue weighted by atomic mass is 79.9. The first-order chi connectivity index (χ1) is 68.3. The zero-order chi connectivity index (χ0) is 97.3. The predicted molar refractivity (Wildman–Crippen MR) is 729 cm³/mol. The van der Waals surface area contributed by atoms with Crippen LogP contribution in [0, 0.1) is 0 Å². The van der Waals surface area contributed by atoms with Crippen LogP contribution in [0.3, 0.4) is 0 Å².